The van der Waals surface area contributed by atoms with Crippen molar-refractivity contribution in [2.24, 2.45) is 0 Å². The molecule has 0 fully saturated rings. The van der Waals surface area contributed by atoms with Crippen LogP contribution in [0.5, 0.6) is 5.75 Å². The lowest BCUT2D eigenvalue weighted by atomic mass is 10.1. The van der Waals surface area contributed by atoms with E-state index in [0.29, 0.717) is 23.7 Å². The Morgan fingerprint density at radius 3 is 2.59 bits per heavy atom. The molecule has 27 heavy (non-hydrogen) atoms. The minimum absolute atomic E-state index is 0.0378. The van der Waals surface area contributed by atoms with Crippen LogP contribution in [0.1, 0.15) is 15.9 Å². The molecule has 6 nitrogen and oxygen atoms in total. The number of likely N-dealkylation sites (N-methyl/N-ethyl adjacent to an activating group) is 1. The summed E-state index contributed by atoms with van der Waals surface area (Å²) < 4.78 is 5.63. The van der Waals surface area contributed by atoms with Crippen molar-refractivity contribution < 1.29 is 9.53 Å². The Bertz CT molecular complexity index is 854. The zero-order chi connectivity index (χ0) is 19.1. The van der Waals surface area contributed by atoms with E-state index in [2.05, 4.69) is 15.2 Å². The highest BCUT2D eigenvalue weighted by Gasteiger charge is 2.11. The number of H-pyrrole nitrogens is 1. The molecule has 0 bridgehead atoms. The molecular formula is C19H19ClN4O2S. The van der Waals surface area contributed by atoms with Crippen LogP contribution in [0.2, 0.25) is 5.02 Å². The largest absolute Gasteiger partial charge is 0.492 e. The smallest absolute Gasteiger partial charge is 0.253 e. The van der Waals surface area contributed by atoms with E-state index in [9.17, 15) is 4.79 Å². The van der Waals surface area contributed by atoms with Gasteiger partial charge in [0, 0.05) is 23.4 Å². The molecule has 2 aromatic carbocycles. The Morgan fingerprint density at radius 1 is 1.19 bits per heavy atom. The van der Waals surface area contributed by atoms with Gasteiger partial charge in [0.1, 0.15) is 18.7 Å². The third-order valence-electron chi connectivity index (χ3n) is 3.83. The molecule has 0 unspecified atom stereocenters. The van der Waals surface area contributed by atoms with E-state index in [1.807, 2.05) is 24.3 Å². The fraction of sp³-hybridized carbons (Fsp3) is 0.211. The van der Waals surface area contributed by atoms with Crippen LogP contribution in [0.4, 0.5) is 0 Å². The van der Waals surface area contributed by atoms with Crippen molar-refractivity contribution >= 4 is 29.3 Å². The SMILES string of the molecule is CN(CCOc1ccc(Cl)cc1)C(=O)c1ccc(CSc2ncn[nH]2)cc1. The summed E-state index contributed by atoms with van der Waals surface area (Å²) in [6, 6.07) is 14.7. The van der Waals surface area contributed by atoms with Crippen molar-refractivity contribution in [1.82, 2.24) is 20.1 Å². The van der Waals surface area contributed by atoms with Crippen LogP contribution in [0.25, 0.3) is 0 Å². The number of aromatic amines is 1. The second kappa shape index (κ2) is 9.43. The second-order valence-electron chi connectivity index (χ2n) is 5.81. The first kappa shape index (κ1) is 19.3. The third-order valence-corrected chi connectivity index (χ3v) is 5.02. The molecule has 0 saturated heterocycles. The van der Waals surface area contributed by atoms with Gasteiger partial charge in [-0.3, -0.25) is 9.89 Å². The fourth-order valence-electron chi connectivity index (χ4n) is 2.31. The van der Waals surface area contributed by atoms with Gasteiger partial charge < -0.3 is 9.64 Å². The lowest BCUT2D eigenvalue weighted by Crippen LogP contribution is -2.30. The van der Waals surface area contributed by atoms with E-state index in [1.165, 1.54) is 6.33 Å². The molecule has 0 radical (unpaired) electrons. The number of carbonyl (C=O) groups excluding carboxylic acids is 1. The highest BCUT2D eigenvalue weighted by Crippen LogP contribution is 2.19. The summed E-state index contributed by atoms with van der Waals surface area (Å²) in [6.07, 6.45) is 1.48. The van der Waals surface area contributed by atoms with Crippen molar-refractivity contribution in [3.63, 3.8) is 0 Å². The zero-order valence-corrected chi connectivity index (χ0v) is 16.3. The minimum atomic E-state index is -0.0378. The number of ether oxygens (including phenoxy) is 1. The summed E-state index contributed by atoms with van der Waals surface area (Å²) >= 11 is 7.41. The van der Waals surface area contributed by atoms with E-state index in [0.717, 1.165) is 22.2 Å². The monoisotopic (exact) mass is 402 g/mol. The van der Waals surface area contributed by atoms with Crippen molar-refractivity contribution in [3.8, 4) is 5.75 Å². The van der Waals surface area contributed by atoms with Crippen molar-refractivity contribution in [2.75, 3.05) is 20.2 Å². The summed E-state index contributed by atoms with van der Waals surface area (Å²) in [7, 11) is 1.77. The molecule has 3 aromatic rings. The number of thioether (sulfide) groups is 1. The van der Waals surface area contributed by atoms with Crippen LogP contribution in [-0.2, 0) is 5.75 Å². The highest BCUT2D eigenvalue weighted by molar-refractivity contribution is 7.98. The zero-order valence-electron chi connectivity index (χ0n) is 14.8. The first-order valence-corrected chi connectivity index (χ1v) is 9.69. The number of amides is 1. The predicted octanol–water partition coefficient (Wildman–Crippen LogP) is 3.90. The van der Waals surface area contributed by atoms with E-state index < -0.39 is 0 Å². The fourth-order valence-corrected chi connectivity index (χ4v) is 3.17. The Morgan fingerprint density at radius 2 is 1.93 bits per heavy atom. The van der Waals surface area contributed by atoms with E-state index in [1.54, 1.807) is 48.0 Å². The number of halogens is 1. The summed E-state index contributed by atoms with van der Waals surface area (Å²) in [5.74, 6) is 1.45. The van der Waals surface area contributed by atoms with Gasteiger partial charge in [-0.1, -0.05) is 35.5 Å². The van der Waals surface area contributed by atoms with Gasteiger partial charge in [0.15, 0.2) is 5.16 Å². The minimum Gasteiger partial charge on any atom is -0.492 e. The van der Waals surface area contributed by atoms with E-state index in [4.69, 9.17) is 16.3 Å². The molecule has 0 aliphatic rings. The molecule has 0 atom stereocenters. The first-order chi connectivity index (χ1) is 13.1. The molecule has 1 N–H and O–H groups in total. The van der Waals surface area contributed by atoms with Gasteiger partial charge in [-0.2, -0.15) is 5.10 Å². The molecule has 8 heteroatoms. The number of nitrogens with one attached hydrogen (secondary N) is 1. The van der Waals surface area contributed by atoms with Crippen molar-refractivity contribution in [1.29, 1.82) is 0 Å². The molecular weight excluding hydrogens is 384 g/mol. The molecule has 0 saturated carbocycles. The van der Waals surface area contributed by atoms with Gasteiger partial charge in [-0.15, -0.1) is 0 Å². The number of aromatic nitrogens is 3. The van der Waals surface area contributed by atoms with Gasteiger partial charge in [0.25, 0.3) is 5.91 Å². The molecule has 0 aliphatic heterocycles. The number of carbonyl (C=O) groups is 1. The molecule has 0 aliphatic carbocycles. The lowest BCUT2D eigenvalue weighted by molar-refractivity contribution is 0.0774. The van der Waals surface area contributed by atoms with Gasteiger partial charge >= 0.3 is 0 Å². The van der Waals surface area contributed by atoms with Gasteiger partial charge in [0.05, 0.1) is 6.54 Å². The van der Waals surface area contributed by atoms with E-state index in [-0.39, 0.29) is 5.91 Å². The van der Waals surface area contributed by atoms with Crippen LogP contribution in [0.3, 0.4) is 0 Å². The molecule has 140 valence electrons. The van der Waals surface area contributed by atoms with E-state index >= 15 is 0 Å². The standard InChI is InChI=1S/C19H19ClN4O2S/c1-24(10-11-26-17-8-6-16(20)7-9-17)18(25)15-4-2-14(3-5-15)12-27-19-21-13-22-23-19/h2-9,13H,10-12H2,1H3,(H,21,22,23). The summed E-state index contributed by atoms with van der Waals surface area (Å²) in [5, 5.41) is 8.06. The number of hydrogen-bond acceptors (Lipinski definition) is 5. The summed E-state index contributed by atoms with van der Waals surface area (Å²) in [5.41, 5.74) is 1.76. The van der Waals surface area contributed by atoms with Crippen LogP contribution in [0, 0.1) is 0 Å². The second-order valence-corrected chi connectivity index (χ2v) is 7.21. The number of hydrogen-bond donors (Lipinski definition) is 1. The molecule has 1 aromatic heterocycles. The Balaban J connectivity index is 1.46. The number of benzene rings is 2. The van der Waals surface area contributed by atoms with Crippen molar-refractivity contribution in [3.05, 3.63) is 71.0 Å². The molecule has 3 rings (SSSR count). The molecule has 1 heterocycles. The van der Waals surface area contributed by atoms with Crippen LogP contribution < -0.4 is 4.74 Å². The maximum Gasteiger partial charge on any atom is 0.253 e. The van der Waals surface area contributed by atoms with Gasteiger partial charge in [-0.05, 0) is 42.0 Å². The Hall–Kier alpha value is -2.51. The Kier molecular flexibility index (Phi) is 6.73. The van der Waals surface area contributed by atoms with Gasteiger partial charge in [0.2, 0.25) is 0 Å². The Labute approximate surface area is 166 Å². The molecule has 1 amide bonds. The normalized spacial score (nSPS) is 10.6. The quantitative estimate of drug-likeness (QED) is 0.578. The summed E-state index contributed by atoms with van der Waals surface area (Å²) in [6.45, 7) is 0.903. The maximum absolute atomic E-state index is 12.5. The molecule has 0 spiro atoms. The average molecular weight is 403 g/mol. The lowest BCUT2D eigenvalue weighted by Gasteiger charge is -2.17. The average Bonchev–Trinajstić information content (AvgIpc) is 3.21. The number of rotatable bonds is 8. The topological polar surface area (TPSA) is 71.1 Å². The van der Waals surface area contributed by atoms with Crippen LogP contribution in [-0.4, -0.2) is 46.2 Å². The van der Waals surface area contributed by atoms with Crippen molar-refractivity contribution in [2.45, 2.75) is 10.9 Å². The predicted molar refractivity (Wildman–Crippen MR) is 106 cm³/mol. The first-order valence-electron chi connectivity index (χ1n) is 8.33. The number of nitrogens with zero attached hydrogens (tertiary/aromatic N) is 3. The highest BCUT2D eigenvalue weighted by atomic mass is 35.5. The maximum atomic E-state index is 12.5. The van der Waals surface area contributed by atoms with Gasteiger partial charge in [-0.25, -0.2) is 4.98 Å². The third kappa shape index (κ3) is 5.74. The van der Waals surface area contributed by atoms with Crippen LogP contribution in [0.15, 0.2) is 60.0 Å². The summed E-state index contributed by atoms with van der Waals surface area (Å²) in [4.78, 5) is 18.2. The van der Waals surface area contributed by atoms with Crippen LogP contribution >= 0.6 is 23.4 Å².